The Morgan fingerprint density at radius 2 is 2.00 bits per heavy atom. The monoisotopic (exact) mass is 425 g/mol. The highest BCUT2D eigenvalue weighted by Crippen LogP contribution is 2.31. The Bertz CT molecular complexity index is 1020. The Morgan fingerprint density at radius 3 is 2.74 bits per heavy atom. The Labute approximate surface area is 179 Å². The highest BCUT2D eigenvalue weighted by Gasteiger charge is 2.22. The molecule has 1 atom stereocenters. The van der Waals surface area contributed by atoms with E-state index in [1.165, 1.54) is 19.0 Å². The molecule has 1 saturated carbocycles. The molecule has 1 amide bonds. The zero-order chi connectivity index (χ0) is 21.6. The van der Waals surface area contributed by atoms with Gasteiger partial charge in [0.25, 0.3) is 0 Å². The molecule has 0 saturated heterocycles. The van der Waals surface area contributed by atoms with Gasteiger partial charge in [-0.3, -0.25) is 0 Å². The normalized spacial score (nSPS) is 14.0. The summed E-state index contributed by atoms with van der Waals surface area (Å²) in [5, 5.41) is 11.0. The Kier molecular flexibility index (Phi) is 6.21. The number of nitrogens with zero attached hydrogens (tertiary/aromatic N) is 2. The van der Waals surface area contributed by atoms with Gasteiger partial charge in [0.2, 0.25) is 5.89 Å². The predicted octanol–water partition coefficient (Wildman–Crippen LogP) is 4.35. The molecule has 0 spiro atoms. The number of ether oxygens (including phenoxy) is 3. The highest BCUT2D eigenvalue weighted by atomic mass is 16.6. The number of carbonyl (C=O) groups is 1. The summed E-state index contributed by atoms with van der Waals surface area (Å²) in [7, 11) is 0. The molecule has 0 bridgehead atoms. The molecule has 2 N–H and O–H groups in total. The second-order valence-corrected chi connectivity index (χ2v) is 7.36. The van der Waals surface area contributed by atoms with Crippen LogP contribution in [0.15, 0.2) is 53.2 Å². The minimum absolute atomic E-state index is 0.116. The minimum Gasteiger partial charge on any atom is -0.493 e. The maximum absolute atomic E-state index is 10.6. The van der Waals surface area contributed by atoms with Crippen LogP contribution in [0.3, 0.4) is 0 Å². The molecule has 3 aromatic rings. The zero-order valence-corrected chi connectivity index (χ0v) is 17.0. The molecule has 0 aliphatic heterocycles. The van der Waals surface area contributed by atoms with Gasteiger partial charge in [0.15, 0.2) is 0 Å². The van der Waals surface area contributed by atoms with Crippen LogP contribution in [0.1, 0.15) is 19.8 Å². The maximum atomic E-state index is 10.6. The van der Waals surface area contributed by atoms with Crippen molar-refractivity contribution in [2.24, 2.45) is 5.92 Å². The van der Waals surface area contributed by atoms with Crippen molar-refractivity contribution in [2.45, 2.75) is 25.8 Å². The third-order valence-corrected chi connectivity index (χ3v) is 4.51. The number of hydrogen-bond donors (Lipinski definition) is 2. The molecule has 162 valence electrons. The Balaban J connectivity index is 1.32. The SMILES string of the molecule is C[C@@H](COc1cnc(-c2ccc(Oc3cccc(OCC4CC4)c3)cn2)o1)NC(=O)O. The van der Waals surface area contributed by atoms with Gasteiger partial charge in [-0.05, 0) is 49.9 Å². The van der Waals surface area contributed by atoms with Crippen molar-refractivity contribution >= 4 is 6.09 Å². The van der Waals surface area contributed by atoms with E-state index in [9.17, 15) is 4.79 Å². The molecule has 9 heteroatoms. The van der Waals surface area contributed by atoms with Gasteiger partial charge in [-0.25, -0.2) is 14.8 Å². The van der Waals surface area contributed by atoms with E-state index in [2.05, 4.69) is 15.3 Å². The Morgan fingerprint density at radius 1 is 1.16 bits per heavy atom. The summed E-state index contributed by atoms with van der Waals surface area (Å²) in [5.74, 6) is 3.18. The van der Waals surface area contributed by atoms with Crippen molar-refractivity contribution in [3.63, 3.8) is 0 Å². The summed E-state index contributed by atoms with van der Waals surface area (Å²) >= 11 is 0. The smallest absolute Gasteiger partial charge is 0.404 e. The molecule has 2 heterocycles. The number of oxazole rings is 1. The summed E-state index contributed by atoms with van der Waals surface area (Å²) in [6.45, 7) is 2.54. The van der Waals surface area contributed by atoms with Gasteiger partial charge in [0.05, 0.1) is 18.8 Å². The first kappa shape index (κ1) is 20.5. The molecular weight excluding hydrogens is 402 g/mol. The fraction of sp³-hybridized carbons (Fsp3) is 0.318. The van der Waals surface area contributed by atoms with Gasteiger partial charge < -0.3 is 29.1 Å². The number of pyridine rings is 1. The van der Waals surface area contributed by atoms with Crippen LogP contribution >= 0.6 is 0 Å². The summed E-state index contributed by atoms with van der Waals surface area (Å²) in [6, 6.07) is 10.6. The molecule has 9 nitrogen and oxygen atoms in total. The van der Waals surface area contributed by atoms with Crippen LogP contribution in [0.25, 0.3) is 11.6 Å². The van der Waals surface area contributed by atoms with Crippen LogP contribution in [0, 0.1) is 5.92 Å². The van der Waals surface area contributed by atoms with Gasteiger partial charge in [0.1, 0.15) is 35.7 Å². The van der Waals surface area contributed by atoms with Gasteiger partial charge >= 0.3 is 12.0 Å². The first-order valence-corrected chi connectivity index (χ1v) is 10.0. The van der Waals surface area contributed by atoms with Crippen LogP contribution in [0.4, 0.5) is 4.79 Å². The van der Waals surface area contributed by atoms with E-state index in [-0.39, 0.29) is 18.4 Å². The summed E-state index contributed by atoms with van der Waals surface area (Å²) in [5.41, 5.74) is 0.514. The van der Waals surface area contributed by atoms with Crippen molar-refractivity contribution in [2.75, 3.05) is 13.2 Å². The zero-order valence-electron chi connectivity index (χ0n) is 17.0. The molecule has 1 fully saturated rings. The molecule has 4 rings (SSSR count). The third-order valence-electron chi connectivity index (χ3n) is 4.51. The van der Waals surface area contributed by atoms with Crippen LogP contribution in [-0.2, 0) is 0 Å². The largest absolute Gasteiger partial charge is 0.493 e. The number of aromatic nitrogens is 2. The highest BCUT2D eigenvalue weighted by molar-refractivity contribution is 5.64. The standard InChI is InChI=1S/C22H23N3O6/c1-14(25-22(26)27)12-29-20-11-24-21(31-20)19-8-7-18(10-23-19)30-17-4-2-3-16(9-17)28-13-15-5-6-15/h2-4,7-11,14-15,25H,5-6,12-13H2,1H3,(H,26,27)/t14-/m0/s1. The van der Waals surface area contributed by atoms with Crippen molar-refractivity contribution in [1.29, 1.82) is 0 Å². The van der Waals surface area contributed by atoms with E-state index in [0.29, 0.717) is 23.1 Å². The summed E-state index contributed by atoms with van der Waals surface area (Å²) in [4.78, 5) is 19.1. The van der Waals surface area contributed by atoms with Crippen LogP contribution < -0.4 is 19.5 Å². The van der Waals surface area contributed by atoms with Crippen molar-refractivity contribution in [1.82, 2.24) is 15.3 Å². The lowest BCUT2D eigenvalue weighted by Gasteiger charge is -2.10. The van der Waals surface area contributed by atoms with Crippen molar-refractivity contribution < 1.29 is 28.5 Å². The number of hydrogen-bond acceptors (Lipinski definition) is 7. The number of nitrogens with one attached hydrogen (secondary N) is 1. The van der Waals surface area contributed by atoms with E-state index in [0.717, 1.165) is 12.4 Å². The molecule has 0 radical (unpaired) electrons. The van der Waals surface area contributed by atoms with Crippen molar-refractivity contribution in [3.8, 4) is 34.8 Å². The van der Waals surface area contributed by atoms with E-state index in [1.54, 1.807) is 25.3 Å². The third kappa shape index (κ3) is 6.11. The van der Waals surface area contributed by atoms with E-state index >= 15 is 0 Å². The minimum atomic E-state index is -1.11. The number of benzene rings is 1. The van der Waals surface area contributed by atoms with Gasteiger partial charge in [-0.1, -0.05) is 6.07 Å². The fourth-order valence-electron chi connectivity index (χ4n) is 2.73. The average Bonchev–Trinajstić information content (AvgIpc) is 3.47. The van der Waals surface area contributed by atoms with Crippen molar-refractivity contribution in [3.05, 3.63) is 48.8 Å². The lowest BCUT2D eigenvalue weighted by Crippen LogP contribution is -2.35. The first-order chi connectivity index (χ1) is 15.0. The van der Waals surface area contributed by atoms with Crippen LogP contribution in [0.5, 0.6) is 23.2 Å². The molecule has 1 aromatic carbocycles. The predicted molar refractivity (Wildman–Crippen MR) is 111 cm³/mol. The summed E-state index contributed by atoms with van der Waals surface area (Å²) < 4.78 is 22.6. The summed E-state index contributed by atoms with van der Waals surface area (Å²) in [6.07, 6.45) is 4.37. The van der Waals surface area contributed by atoms with E-state index < -0.39 is 12.1 Å². The van der Waals surface area contributed by atoms with Gasteiger partial charge in [-0.15, -0.1) is 0 Å². The van der Waals surface area contributed by atoms with Crippen LogP contribution in [0.2, 0.25) is 0 Å². The lowest BCUT2D eigenvalue weighted by atomic mass is 10.3. The molecule has 1 aliphatic carbocycles. The molecule has 0 unspecified atom stereocenters. The van der Waals surface area contributed by atoms with Gasteiger partial charge in [0, 0.05) is 6.07 Å². The lowest BCUT2D eigenvalue weighted by molar-refractivity contribution is 0.176. The molecule has 1 aliphatic rings. The topological polar surface area (TPSA) is 116 Å². The van der Waals surface area contributed by atoms with E-state index in [1.807, 2.05) is 24.3 Å². The number of carboxylic acid groups (broad SMARTS) is 1. The van der Waals surface area contributed by atoms with E-state index in [4.69, 9.17) is 23.7 Å². The quantitative estimate of drug-likeness (QED) is 0.492. The second kappa shape index (κ2) is 9.38. The average molecular weight is 425 g/mol. The molecule has 2 aromatic heterocycles. The molecular formula is C22H23N3O6. The van der Waals surface area contributed by atoms with Crippen LogP contribution in [-0.4, -0.2) is 40.4 Å². The first-order valence-electron chi connectivity index (χ1n) is 10.0. The fourth-order valence-corrected chi connectivity index (χ4v) is 2.73. The number of amides is 1. The number of rotatable bonds is 10. The van der Waals surface area contributed by atoms with Gasteiger partial charge in [-0.2, -0.15) is 0 Å². The molecule has 31 heavy (non-hydrogen) atoms. The maximum Gasteiger partial charge on any atom is 0.404 e. The Hall–Kier alpha value is -3.75. The second-order valence-electron chi connectivity index (χ2n) is 7.36.